The van der Waals surface area contributed by atoms with Gasteiger partial charge in [-0.25, -0.2) is 4.98 Å². The number of hydrogen-bond acceptors (Lipinski definition) is 3. The molecule has 1 atom stereocenters. The second-order valence-electron chi connectivity index (χ2n) is 5.80. The van der Waals surface area contributed by atoms with E-state index in [1.807, 2.05) is 19.2 Å². The first-order valence-corrected chi connectivity index (χ1v) is 7.04. The molecule has 1 aromatic rings. The highest BCUT2D eigenvalue weighted by atomic mass is 15.2. The number of rotatable bonds is 3. The standard InChI is InChI=1S/C15H25N3/c1-11(2)13-5-8-18(9-6-13)15-10-14(12(3)16)4-7-17-15/h4,7,10-13H,5-6,8-9,16H2,1-3H3/t12-/m0/s1. The van der Waals surface area contributed by atoms with Crippen LogP contribution in [0.25, 0.3) is 0 Å². The number of pyridine rings is 1. The third kappa shape index (κ3) is 3.02. The zero-order valence-corrected chi connectivity index (χ0v) is 11.8. The largest absolute Gasteiger partial charge is 0.357 e. The van der Waals surface area contributed by atoms with Crippen molar-refractivity contribution in [3.63, 3.8) is 0 Å². The molecule has 0 bridgehead atoms. The molecule has 0 aromatic carbocycles. The molecule has 0 amide bonds. The molecule has 1 saturated heterocycles. The molecule has 1 aromatic heterocycles. The Morgan fingerprint density at radius 2 is 1.94 bits per heavy atom. The first-order chi connectivity index (χ1) is 8.58. The molecule has 2 N–H and O–H groups in total. The average Bonchev–Trinajstić information content (AvgIpc) is 2.39. The van der Waals surface area contributed by atoms with E-state index in [-0.39, 0.29) is 6.04 Å². The lowest BCUT2D eigenvalue weighted by molar-refractivity contribution is 0.310. The minimum Gasteiger partial charge on any atom is -0.357 e. The molecular weight excluding hydrogens is 222 g/mol. The maximum absolute atomic E-state index is 5.93. The summed E-state index contributed by atoms with van der Waals surface area (Å²) in [5.74, 6) is 2.76. The average molecular weight is 247 g/mol. The van der Waals surface area contributed by atoms with Crippen LogP contribution in [0.15, 0.2) is 18.3 Å². The van der Waals surface area contributed by atoms with Gasteiger partial charge in [0, 0.05) is 25.3 Å². The Bertz CT molecular complexity index is 379. The fraction of sp³-hybridized carbons (Fsp3) is 0.667. The van der Waals surface area contributed by atoms with E-state index in [9.17, 15) is 0 Å². The van der Waals surface area contributed by atoms with Crippen LogP contribution in [0.4, 0.5) is 5.82 Å². The third-order valence-corrected chi connectivity index (χ3v) is 4.10. The molecule has 100 valence electrons. The van der Waals surface area contributed by atoms with Crippen molar-refractivity contribution in [2.75, 3.05) is 18.0 Å². The first kappa shape index (κ1) is 13.3. The molecule has 2 rings (SSSR count). The van der Waals surface area contributed by atoms with Crippen molar-refractivity contribution < 1.29 is 0 Å². The maximum atomic E-state index is 5.93. The minimum absolute atomic E-state index is 0.0833. The van der Waals surface area contributed by atoms with Crippen molar-refractivity contribution in [1.82, 2.24) is 4.98 Å². The van der Waals surface area contributed by atoms with Crippen molar-refractivity contribution in [2.24, 2.45) is 17.6 Å². The van der Waals surface area contributed by atoms with Crippen LogP contribution in [-0.2, 0) is 0 Å². The van der Waals surface area contributed by atoms with Gasteiger partial charge in [-0.05, 0) is 49.3 Å². The summed E-state index contributed by atoms with van der Waals surface area (Å²) in [5, 5.41) is 0. The monoisotopic (exact) mass is 247 g/mol. The maximum Gasteiger partial charge on any atom is 0.128 e. The fourth-order valence-electron chi connectivity index (χ4n) is 2.69. The molecule has 0 radical (unpaired) electrons. The van der Waals surface area contributed by atoms with Gasteiger partial charge < -0.3 is 10.6 Å². The molecule has 0 spiro atoms. The Morgan fingerprint density at radius 3 is 2.50 bits per heavy atom. The smallest absolute Gasteiger partial charge is 0.128 e. The highest BCUT2D eigenvalue weighted by molar-refractivity contribution is 5.42. The van der Waals surface area contributed by atoms with E-state index in [4.69, 9.17) is 5.73 Å². The summed E-state index contributed by atoms with van der Waals surface area (Å²) in [5.41, 5.74) is 7.10. The van der Waals surface area contributed by atoms with Gasteiger partial charge in [0.1, 0.15) is 5.82 Å². The second kappa shape index (κ2) is 5.70. The van der Waals surface area contributed by atoms with Crippen LogP contribution in [0.2, 0.25) is 0 Å². The lowest BCUT2D eigenvalue weighted by Gasteiger charge is -2.34. The summed E-state index contributed by atoms with van der Waals surface area (Å²) in [4.78, 5) is 6.88. The van der Waals surface area contributed by atoms with Crippen LogP contribution in [0, 0.1) is 11.8 Å². The molecule has 1 aliphatic heterocycles. The van der Waals surface area contributed by atoms with E-state index < -0.39 is 0 Å². The van der Waals surface area contributed by atoms with Crippen LogP contribution < -0.4 is 10.6 Å². The van der Waals surface area contributed by atoms with Gasteiger partial charge in [0.25, 0.3) is 0 Å². The molecule has 0 aliphatic carbocycles. The Kier molecular flexibility index (Phi) is 4.23. The van der Waals surface area contributed by atoms with Crippen molar-refractivity contribution in [1.29, 1.82) is 0 Å². The first-order valence-electron chi connectivity index (χ1n) is 7.04. The molecule has 1 fully saturated rings. The van der Waals surface area contributed by atoms with Crippen molar-refractivity contribution >= 4 is 5.82 Å². The summed E-state index contributed by atoms with van der Waals surface area (Å²) < 4.78 is 0. The number of hydrogen-bond donors (Lipinski definition) is 1. The zero-order chi connectivity index (χ0) is 13.1. The minimum atomic E-state index is 0.0833. The zero-order valence-electron chi connectivity index (χ0n) is 11.8. The molecule has 18 heavy (non-hydrogen) atoms. The van der Waals surface area contributed by atoms with E-state index in [2.05, 4.69) is 29.8 Å². The normalized spacial score (nSPS) is 19.3. The van der Waals surface area contributed by atoms with Crippen molar-refractivity contribution in [2.45, 2.75) is 39.7 Å². The molecule has 0 unspecified atom stereocenters. The lowest BCUT2D eigenvalue weighted by atomic mass is 9.87. The Balaban J connectivity index is 2.03. The van der Waals surface area contributed by atoms with Crippen LogP contribution in [-0.4, -0.2) is 18.1 Å². The van der Waals surface area contributed by atoms with Gasteiger partial charge in [-0.15, -0.1) is 0 Å². The Labute approximate surface area is 110 Å². The molecule has 3 nitrogen and oxygen atoms in total. The summed E-state index contributed by atoms with van der Waals surface area (Å²) in [6.07, 6.45) is 4.44. The quantitative estimate of drug-likeness (QED) is 0.893. The summed E-state index contributed by atoms with van der Waals surface area (Å²) in [6, 6.07) is 4.23. The number of aromatic nitrogens is 1. The molecule has 3 heteroatoms. The molecule has 1 aliphatic rings. The van der Waals surface area contributed by atoms with Gasteiger partial charge in [0.05, 0.1) is 0 Å². The summed E-state index contributed by atoms with van der Waals surface area (Å²) >= 11 is 0. The number of anilines is 1. The molecule has 2 heterocycles. The third-order valence-electron chi connectivity index (χ3n) is 4.10. The fourth-order valence-corrected chi connectivity index (χ4v) is 2.69. The van der Waals surface area contributed by atoms with E-state index in [1.54, 1.807) is 0 Å². The van der Waals surface area contributed by atoms with E-state index in [1.165, 1.54) is 18.4 Å². The van der Waals surface area contributed by atoms with Gasteiger partial charge in [-0.2, -0.15) is 0 Å². The number of piperidine rings is 1. The van der Waals surface area contributed by atoms with Gasteiger partial charge in [-0.1, -0.05) is 13.8 Å². The predicted octanol–water partition coefficient (Wildman–Crippen LogP) is 2.97. The highest BCUT2D eigenvalue weighted by Gasteiger charge is 2.22. The molecule has 0 saturated carbocycles. The number of nitrogens with zero attached hydrogens (tertiary/aromatic N) is 2. The van der Waals surface area contributed by atoms with E-state index >= 15 is 0 Å². The van der Waals surface area contributed by atoms with Gasteiger partial charge >= 0.3 is 0 Å². The van der Waals surface area contributed by atoms with Crippen molar-refractivity contribution in [3.05, 3.63) is 23.9 Å². The topological polar surface area (TPSA) is 42.1 Å². The lowest BCUT2D eigenvalue weighted by Crippen LogP contribution is -2.35. The van der Waals surface area contributed by atoms with E-state index in [0.717, 1.165) is 30.7 Å². The van der Waals surface area contributed by atoms with Gasteiger partial charge in [-0.3, -0.25) is 0 Å². The van der Waals surface area contributed by atoms with Crippen molar-refractivity contribution in [3.8, 4) is 0 Å². The predicted molar refractivity (Wildman–Crippen MR) is 76.6 cm³/mol. The van der Waals surface area contributed by atoms with Crippen LogP contribution in [0.1, 0.15) is 45.2 Å². The number of nitrogens with two attached hydrogens (primary N) is 1. The summed E-state index contributed by atoms with van der Waals surface area (Å²) in [6.45, 7) is 8.92. The second-order valence-corrected chi connectivity index (χ2v) is 5.80. The highest BCUT2D eigenvalue weighted by Crippen LogP contribution is 2.27. The SMILES string of the molecule is CC(C)C1CCN(c2cc([C@H](C)N)ccn2)CC1. The van der Waals surface area contributed by atoms with Gasteiger partial charge in [0.2, 0.25) is 0 Å². The van der Waals surface area contributed by atoms with Crippen LogP contribution in [0.3, 0.4) is 0 Å². The Hall–Kier alpha value is -1.09. The van der Waals surface area contributed by atoms with Gasteiger partial charge in [0.15, 0.2) is 0 Å². The summed E-state index contributed by atoms with van der Waals surface area (Å²) in [7, 11) is 0. The Morgan fingerprint density at radius 1 is 1.28 bits per heavy atom. The van der Waals surface area contributed by atoms with E-state index in [0.29, 0.717) is 0 Å². The molecular formula is C15H25N3. The van der Waals surface area contributed by atoms with Crippen LogP contribution in [0.5, 0.6) is 0 Å². The van der Waals surface area contributed by atoms with Crippen LogP contribution >= 0.6 is 0 Å².